The SMILES string of the molecule is CC(C)CCNC(C)(C)CCBr. The predicted octanol–water partition coefficient (Wildman–Crippen LogP) is 3.19. The van der Waals surface area contributed by atoms with Crippen LogP contribution in [0, 0.1) is 5.92 Å². The number of rotatable bonds is 6. The van der Waals surface area contributed by atoms with E-state index in [-0.39, 0.29) is 0 Å². The molecule has 0 aromatic carbocycles. The smallest absolute Gasteiger partial charge is 0.0133 e. The summed E-state index contributed by atoms with van der Waals surface area (Å²) in [5, 5.41) is 4.64. The molecule has 0 aliphatic heterocycles. The third kappa shape index (κ3) is 7.11. The number of hydrogen-bond acceptors (Lipinski definition) is 1. The van der Waals surface area contributed by atoms with E-state index in [1.807, 2.05) is 0 Å². The number of alkyl halides is 1. The highest BCUT2D eigenvalue weighted by molar-refractivity contribution is 9.09. The van der Waals surface area contributed by atoms with E-state index in [0.717, 1.165) is 17.8 Å². The minimum atomic E-state index is 0.290. The van der Waals surface area contributed by atoms with Crippen LogP contribution in [-0.2, 0) is 0 Å². The van der Waals surface area contributed by atoms with Crippen LogP contribution in [0.1, 0.15) is 40.5 Å². The van der Waals surface area contributed by atoms with Crippen molar-refractivity contribution in [3.63, 3.8) is 0 Å². The molecule has 0 rings (SSSR count). The van der Waals surface area contributed by atoms with Gasteiger partial charge in [-0.05, 0) is 39.2 Å². The van der Waals surface area contributed by atoms with Crippen LogP contribution in [0.4, 0.5) is 0 Å². The maximum atomic E-state index is 3.56. The summed E-state index contributed by atoms with van der Waals surface area (Å²) in [6, 6.07) is 0. The Morgan fingerprint density at radius 3 is 2.33 bits per heavy atom. The molecule has 0 bridgehead atoms. The average molecular weight is 236 g/mol. The Hall–Kier alpha value is 0.440. The van der Waals surface area contributed by atoms with Crippen LogP contribution in [-0.4, -0.2) is 17.4 Å². The molecule has 1 nitrogen and oxygen atoms in total. The Balaban J connectivity index is 3.46. The van der Waals surface area contributed by atoms with Gasteiger partial charge in [-0.2, -0.15) is 0 Å². The van der Waals surface area contributed by atoms with Crippen LogP contribution in [0.3, 0.4) is 0 Å². The zero-order chi connectivity index (χ0) is 9.61. The third-order valence-electron chi connectivity index (χ3n) is 2.04. The molecule has 0 spiro atoms. The first-order chi connectivity index (χ1) is 5.48. The van der Waals surface area contributed by atoms with Crippen LogP contribution in [0.5, 0.6) is 0 Å². The highest BCUT2D eigenvalue weighted by Gasteiger charge is 2.14. The fraction of sp³-hybridized carbons (Fsp3) is 1.00. The van der Waals surface area contributed by atoms with Crippen molar-refractivity contribution >= 4 is 15.9 Å². The quantitative estimate of drug-likeness (QED) is 0.698. The van der Waals surface area contributed by atoms with E-state index in [4.69, 9.17) is 0 Å². The molecule has 0 aromatic heterocycles. The third-order valence-corrected chi connectivity index (χ3v) is 2.44. The predicted molar refractivity (Wildman–Crippen MR) is 59.9 cm³/mol. The molecule has 0 radical (unpaired) electrons. The lowest BCUT2D eigenvalue weighted by molar-refractivity contribution is 0.365. The maximum absolute atomic E-state index is 3.56. The Morgan fingerprint density at radius 1 is 1.33 bits per heavy atom. The number of halogens is 1. The Labute approximate surface area is 85.4 Å². The standard InChI is InChI=1S/C10H22BrN/c1-9(2)5-8-12-10(3,4)6-7-11/h9,12H,5-8H2,1-4H3. The van der Waals surface area contributed by atoms with Gasteiger partial charge < -0.3 is 5.32 Å². The first-order valence-corrected chi connectivity index (χ1v) is 5.91. The van der Waals surface area contributed by atoms with E-state index in [1.165, 1.54) is 12.8 Å². The van der Waals surface area contributed by atoms with Gasteiger partial charge >= 0.3 is 0 Å². The van der Waals surface area contributed by atoms with Gasteiger partial charge in [0.25, 0.3) is 0 Å². The normalized spacial score (nSPS) is 12.5. The van der Waals surface area contributed by atoms with Gasteiger partial charge in [0.05, 0.1) is 0 Å². The lowest BCUT2D eigenvalue weighted by Gasteiger charge is -2.25. The van der Waals surface area contributed by atoms with Crippen molar-refractivity contribution in [1.82, 2.24) is 5.32 Å². The molecule has 0 aromatic rings. The van der Waals surface area contributed by atoms with Gasteiger partial charge in [-0.1, -0.05) is 29.8 Å². The van der Waals surface area contributed by atoms with Gasteiger partial charge in [-0.25, -0.2) is 0 Å². The molecular weight excluding hydrogens is 214 g/mol. The summed E-state index contributed by atoms with van der Waals surface area (Å²) in [7, 11) is 0. The lowest BCUT2D eigenvalue weighted by atomic mass is 10.0. The molecule has 12 heavy (non-hydrogen) atoms. The molecule has 0 aliphatic carbocycles. The van der Waals surface area contributed by atoms with Crippen molar-refractivity contribution in [2.45, 2.75) is 46.1 Å². The molecule has 2 heteroatoms. The molecule has 0 fully saturated rings. The summed E-state index contributed by atoms with van der Waals surface area (Å²) >= 11 is 3.47. The second kappa shape index (κ2) is 5.98. The second-order valence-electron chi connectivity index (χ2n) is 4.43. The van der Waals surface area contributed by atoms with Gasteiger partial charge in [-0.3, -0.25) is 0 Å². The Kier molecular flexibility index (Phi) is 6.20. The summed E-state index contributed by atoms with van der Waals surface area (Å²) in [5.74, 6) is 0.803. The Bertz CT molecular complexity index is 110. The van der Waals surface area contributed by atoms with Gasteiger partial charge in [0.2, 0.25) is 0 Å². The topological polar surface area (TPSA) is 12.0 Å². The van der Waals surface area contributed by atoms with Crippen LogP contribution in [0.15, 0.2) is 0 Å². The van der Waals surface area contributed by atoms with Gasteiger partial charge in [0.15, 0.2) is 0 Å². The molecule has 0 heterocycles. The van der Waals surface area contributed by atoms with Crippen LogP contribution >= 0.6 is 15.9 Å². The monoisotopic (exact) mass is 235 g/mol. The van der Waals surface area contributed by atoms with Crippen LogP contribution in [0.2, 0.25) is 0 Å². The highest BCUT2D eigenvalue weighted by atomic mass is 79.9. The molecule has 0 saturated carbocycles. The van der Waals surface area contributed by atoms with E-state index in [9.17, 15) is 0 Å². The molecule has 0 aliphatic rings. The molecule has 1 N–H and O–H groups in total. The van der Waals surface area contributed by atoms with Crippen molar-refractivity contribution in [2.24, 2.45) is 5.92 Å². The van der Waals surface area contributed by atoms with Crippen molar-refractivity contribution in [2.75, 3.05) is 11.9 Å². The van der Waals surface area contributed by atoms with Crippen molar-refractivity contribution in [1.29, 1.82) is 0 Å². The zero-order valence-electron chi connectivity index (χ0n) is 8.78. The van der Waals surface area contributed by atoms with E-state index >= 15 is 0 Å². The molecular formula is C10H22BrN. The molecule has 0 atom stereocenters. The summed E-state index contributed by atoms with van der Waals surface area (Å²) < 4.78 is 0. The molecule has 74 valence electrons. The first-order valence-electron chi connectivity index (χ1n) is 4.79. The largest absolute Gasteiger partial charge is 0.312 e. The summed E-state index contributed by atoms with van der Waals surface area (Å²) in [6.07, 6.45) is 2.46. The van der Waals surface area contributed by atoms with Crippen LogP contribution in [0.25, 0.3) is 0 Å². The van der Waals surface area contributed by atoms with Crippen LogP contribution < -0.4 is 5.32 Å². The molecule has 0 amide bonds. The van der Waals surface area contributed by atoms with Crippen molar-refractivity contribution in [3.05, 3.63) is 0 Å². The van der Waals surface area contributed by atoms with Crippen molar-refractivity contribution in [3.8, 4) is 0 Å². The minimum Gasteiger partial charge on any atom is -0.312 e. The fourth-order valence-electron chi connectivity index (χ4n) is 1.02. The van der Waals surface area contributed by atoms with E-state index in [2.05, 4.69) is 48.9 Å². The summed E-state index contributed by atoms with van der Waals surface area (Å²) in [6.45, 7) is 10.2. The lowest BCUT2D eigenvalue weighted by Crippen LogP contribution is -2.40. The van der Waals surface area contributed by atoms with E-state index in [1.54, 1.807) is 0 Å². The number of nitrogens with one attached hydrogen (secondary N) is 1. The fourth-order valence-corrected chi connectivity index (χ4v) is 2.02. The highest BCUT2D eigenvalue weighted by Crippen LogP contribution is 2.10. The molecule has 0 unspecified atom stereocenters. The van der Waals surface area contributed by atoms with Gasteiger partial charge in [-0.15, -0.1) is 0 Å². The Morgan fingerprint density at radius 2 is 1.92 bits per heavy atom. The van der Waals surface area contributed by atoms with E-state index < -0.39 is 0 Å². The number of hydrogen-bond donors (Lipinski definition) is 1. The summed E-state index contributed by atoms with van der Waals surface area (Å²) in [4.78, 5) is 0. The molecule has 0 saturated heterocycles. The first kappa shape index (κ1) is 12.4. The minimum absolute atomic E-state index is 0.290. The zero-order valence-corrected chi connectivity index (χ0v) is 10.4. The average Bonchev–Trinajstić information content (AvgIpc) is 1.85. The van der Waals surface area contributed by atoms with Gasteiger partial charge in [0, 0.05) is 10.9 Å². The summed E-state index contributed by atoms with van der Waals surface area (Å²) in [5.41, 5.74) is 0.290. The van der Waals surface area contributed by atoms with Crippen molar-refractivity contribution < 1.29 is 0 Å². The van der Waals surface area contributed by atoms with E-state index in [0.29, 0.717) is 5.54 Å². The maximum Gasteiger partial charge on any atom is 0.0133 e. The van der Waals surface area contributed by atoms with Gasteiger partial charge in [0.1, 0.15) is 0 Å². The second-order valence-corrected chi connectivity index (χ2v) is 5.23.